The Kier molecular flexibility index (Phi) is 5.99. The maximum absolute atomic E-state index is 12.6. The molecule has 0 saturated carbocycles. The molecule has 3 aromatic rings. The average molecular weight is 375 g/mol. The number of hydrogen-bond donors (Lipinski definition) is 1. The number of rotatable bonds is 6. The van der Waals surface area contributed by atoms with E-state index in [0.29, 0.717) is 17.9 Å². The molecule has 0 aliphatic carbocycles. The summed E-state index contributed by atoms with van der Waals surface area (Å²) in [5.41, 5.74) is 5.53. The molecule has 144 valence electrons. The number of anilines is 1. The molecule has 0 spiro atoms. The summed E-state index contributed by atoms with van der Waals surface area (Å²) in [6.45, 7) is 6.39. The van der Waals surface area contributed by atoms with E-state index in [4.69, 9.17) is 9.47 Å². The van der Waals surface area contributed by atoms with Gasteiger partial charge in [0.05, 0.1) is 7.11 Å². The van der Waals surface area contributed by atoms with Crippen LogP contribution in [0.1, 0.15) is 32.6 Å². The molecule has 0 aliphatic rings. The van der Waals surface area contributed by atoms with Gasteiger partial charge < -0.3 is 14.8 Å². The van der Waals surface area contributed by atoms with Crippen molar-refractivity contribution in [3.8, 4) is 11.5 Å². The third-order valence-electron chi connectivity index (χ3n) is 4.41. The molecule has 4 nitrogen and oxygen atoms in total. The summed E-state index contributed by atoms with van der Waals surface area (Å²) in [7, 11) is 1.61. The lowest BCUT2D eigenvalue weighted by Gasteiger charge is -2.13. The predicted molar refractivity (Wildman–Crippen MR) is 112 cm³/mol. The Hall–Kier alpha value is -3.27. The van der Waals surface area contributed by atoms with Gasteiger partial charge in [-0.2, -0.15) is 0 Å². The first-order chi connectivity index (χ1) is 13.4. The van der Waals surface area contributed by atoms with E-state index >= 15 is 0 Å². The minimum atomic E-state index is -0.166. The number of benzene rings is 3. The monoisotopic (exact) mass is 375 g/mol. The molecular weight excluding hydrogens is 350 g/mol. The smallest absolute Gasteiger partial charge is 0.255 e. The fraction of sp³-hybridized carbons (Fsp3) is 0.208. The van der Waals surface area contributed by atoms with Crippen molar-refractivity contribution in [3.05, 3.63) is 88.5 Å². The maximum atomic E-state index is 12.6. The zero-order valence-corrected chi connectivity index (χ0v) is 16.7. The summed E-state index contributed by atoms with van der Waals surface area (Å²) in [6.07, 6.45) is 0. The summed E-state index contributed by atoms with van der Waals surface area (Å²) in [4.78, 5) is 12.6. The van der Waals surface area contributed by atoms with E-state index in [-0.39, 0.29) is 5.91 Å². The van der Waals surface area contributed by atoms with Crippen LogP contribution in [-0.4, -0.2) is 13.0 Å². The minimum absolute atomic E-state index is 0.166. The number of methoxy groups -OCH3 is 1. The van der Waals surface area contributed by atoms with Gasteiger partial charge >= 0.3 is 0 Å². The lowest BCUT2D eigenvalue weighted by molar-refractivity contribution is 0.102. The molecule has 0 fully saturated rings. The van der Waals surface area contributed by atoms with Crippen LogP contribution in [0.4, 0.5) is 5.69 Å². The molecule has 0 bridgehead atoms. The molecule has 0 radical (unpaired) electrons. The van der Waals surface area contributed by atoms with Gasteiger partial charge in [0.15, 0.2) is 0 Å². The van der Waals surface area contributed by atoms with Gasteiger partial charge in [-0.15, -0.1) is 0 Å². The lowest BCUT2D eigenvalue weighted by Crippen LogP contribution is -2.13. The molecule has 3 aromatic carbocycles. The molecular formula is C24H25NO3. The Morgan fingerprint density at radius 2 is 1.64 bits per heavy atom. The van der Waals surface area contributed by atoms with E-state index in [1.54, 1.807) is 19.2 Å². The summed E-state index contributed by atoms with van der Waals surface area (Å²) in [5.74, 6) is 1.33. The third-order valence-corrected chi connectivity index (χ3v) is 4.41. The zero-order valence-electron chi connectivity index (χ0n) is 16.7. The van der Waals surface area contributed by atoms with Gasteiger partial charge in [-0.3, -0.25) is 4.79 Å². The Morgan fingerprint density at radius 3 is 2.32 bits per heavy atom. The summed E-state index contributed by atoms with van der Waals surface area (Å²) >= 11 is 0. The van der Waals surface area contributed by atoms with Gasteiger partial charge in [0, 0.05) is 16.8 Å². The second kappa shape index (κ2) is 8.61. The quantitative estimate of drug-likeness (QED) is 0.623. The highest BCUT2D eigenvalue weighted by Gasteiger charge is 2.12. The summed E-state index contributed by atoms with van der Waals surface area (Å²) in [6, 6.07) is 19.2. The van der Waals surface area contributed by atoms with Gasteiger partial charge in [-0.25, -0.2) is 0 Å². The fourth-order valence-corrected chi connectivity index (χ4v) is 3.14. The highest BCUT2D eigenvalue weighted by Crippen LogP contribution is 2.24. The number of hydrogen-bond acceptors (Lipinski definition) is 3. The second-order valence-electron chi connectivity index (χ2n) is 6.96. The van der Waals surface area contributed by atoms with Crippen LogP contribution in [-0.2, 0) is 6.61 Å². The van der Waals surface area contributed by atoms with E-state index in [9.17, 15) is 4.79 Å². The van der Waals surface area contributed by atoms with Gasteiger partial charge in [0.25, 0.3) is 5.91 Å². The van der Waals surface area contributed by atoms with Crippen LogP contribution in [0.3, 0.4) is 0 Å². The van der Waals surface area contributed by atoms with Crippen molar-refractivity contribution in [2.45, 2.75) is 27.4 Å². The van der Waals surface area contributed by atoms with Gasteiger partial charge in [-0.1, -0.05) is 18.2 Å². The highest BCUT2D eigenvalue weighted by atomic mass is 16.5. The standard InChI is InChI=1S/C24H25NO3/c1-16-6-5-7-21(11-16)25-24(26)19-8-9-23(27-4)20(14-19)15-28-22-12-17(2)10-18(3)13-22/h5-14H,15H2,1-4H3,(H,25,26). The Balaban J connectivity index is 1.78. The van der Waals surface area contributed by atoms with Crippen molar-refractivity contribution in [3.63, 3.8) is 0 Å². The fourth-order valence-electron chi connectivity index (χ4n) is 3.14. The van der Waals surface area contributed by atoms with Gasteiger partial charge in [-0.05, 0) is 79.9 Å². The number of carbonyl (C=O) groups excluding carboxylic acids is 1. The molecule has 0 atom stereocenters. The molecule has 1 N–H and O–H groups in total. The number of amides is 1. The normalized spacial score (nSPS) is 10.4. The second-order valence-corrected chi connectivity index (χ2v) is 6.96. The first-order valence-electron chi connectivity index (χ1n) is 9.20. The number of ether oxygens (including phenoxy) is 2. The SMILES string of the molecule is COc1ccc(C(=O)Nc2cccc(C)c2)cc1COc1cc(C)cc(C)c1. The van der Waals surface area contributed by atoms with Crippen molar-refractivity contribution in [2.75, 3.05) is 12.4 Å². The molecule has 0 aromatic heterocycles. The maximum Gasteiger partial charge on any atom is 0.255 e. The average Bonchev–Trinajstić information content (AvgIpc) is 2.65. The van der Waals surface area contributed by atoms with E-state index in [1.807, 2.05) is 63.2 Å². The molecule has 0 aliphatic heterocycles. The zero-order chi connectivity index (χ0) is 20.1. The number of nitrogens with one attached hydrogen (secondary N) is 1. The van der Waals surface area contributed by atoms with Crippen LogP contribution in [0.25, 0.3) is 0 Å². The summed E-state index contributed by atoms with van der Waals surface area (Å²) < 4.78 is 11.4. The Labute approximate surface area is 166 Å². The van der Waals surface area contributed by atoms with Crippen molar-refractivity contribution in [1.29, 1.82) is 0 Å². The predicted octanol–water partition coefficient (Wildman–Crippen LogP) is 5.45. The molecule has 1 amide bonds. The van der Waals surface area contributed by atoms with E-state index < -0.39 is 0 Å². The summed E-state index contributed by atoms with van der Waals surface area (Å²) in [5, 5.41) is 2.93. The Bertz CT molecular complexity index is 975. The van der Waals surface area contributed by atoms with Crippen molar-refractivity contribution >= 4 is 11.6 Å². The van der Waals surface area contributed by atoms with Crippen molar-refractivity contribution < 1.29 is 14.3 Å². The topological polar surface area (TPSA) is 47.6 Å². The van der Waals surface area contributed by atoms with Crippen LogP contribution < -0.4 is 14.8 Å². The first kappa shape index (κ1) is 19.5. The van der Waals surface area contributed by atoms with Gasteiger partial charge in [0.1, 0.15) is 18.1 Å². The third kappa shape index (κ3) is 4.92. The first-order valence-corrected chi connectivity index (χ1v) is 9.20. The van der Waals surface area contributed by atoms with Crippen LogP contribution >= 0.6 is 0 Å². The van der Waals surface area contributed by atoms with Crippen molar-refractivity contribution in [2.24, 2.45) is 0 Å². The van der Waals surface area contributed by atoms with E-state index in [1.165, 1.54) is 0 Å². The molecule has 28 heavy (non-hydrogen) atoms. The number of carbonyl (C=O) groups is 1. The highest BCUT2D eigenvalue weighted by molar-refractivity contribution is 6.04. The van der Waals surface area contributed by atoms with Gasteiger partial charge in [0.2, 0.25) is 0 Å². The van der Waals surface area contributed by atoms with Crippen molar-refractivity contribution in [1.82, 2.24) is 0 Å². The van der Waals surface area contributed by atoms with Crippen LogP contribution in [0.5, 0.6) is 11.5 Å². The van der Waals surface area contributed by atoms with Crippen LogP contribution in [0.2, 0.25) is 0 Å². The largest absolute Gasteiger partial charge is 0.496 e. The molecule has 4 heteroatoms. The van der Waals surface area contributed by atoms with E-state index in [0.717, 1.165) is 33.7 Å². The Morgan fingerprint density at radius 1 is 0.893 bits per heavy atom. The minimum Gasteiger partial charge on any atom is -0.496 e. The lowest BCUT2D eigenvalue weighted by atomic mass is 10.1. The van der Waals surface area contributed by atoms with E-state index in [2.05, 4.69) is 11.4 Å². The van der Waals surface area contributed by atoms with Crippen LogP contribution in [0.15, 0.2) is 60.7 Å². The number of aryl methyl sites for hydroxylation is 3. The molecule has 3 rings (SSSR count). The van der Waals surface area contributed by atoms with Crippen LogP contribution in [0, 0.1) is 20.8 Å². The molecule has 0 heterocycles. The molecule has 0 saturated heterocycles. The molecule has 0 unspecified atom stereocenters.